The molecule has 0 amide bonds. The van der Waals surface area contributed by atoms with Gasteiger partial charge in [0.2, 0.25) is 0 Å². The summed E-state index contributed by atoms with van der Waals surface area (Å²) in [7, 11) is 1.89. The summed E-state index contributed by atoms with van der Waals surface area (Å²) in [5.74, 6) is 0. The molecule has 2 rings (SSSR count). The minimum absolute atomic E-state index is 0.865. The fourth-order valence-electron chi connectivity index (χ4n) is 2.17. The van der Waals surface area contributed by atoms with E-state index in [1.54, 1.807) is 0 Å². The summed E-state index contributed by atoms with van der Waals surface area (Å²) >= 11 is 5.24. The molecule has 1 N–H and O–H groups in total. The molecule has 1 aromatic rings. The summed E-state index contributed by atoms with van der Waals surface area (Å²) in [6.45, 7) is 5.34. The fourth-order valence-corrected chi connectivity index (χ4v) is 2.35. The number of hydrogen-bond acceptors (Lipinski definition) is 3. The summed E-state index contributed by atoms with van der Waals surface area (Å²) in [5.41, 5.74) is 1.36. The number of hydrogen-bond donors (Lipinski definition) is 1. The zero-order valence-electron chi connectivity index (χ0n) is 10.8. The van der Waals surface area contributed by atoms with Crippen LogP contribution in [0, 0.1) is 0 Å². The van der Waals surface area contributed by atoms with Crippen molar-refractivity contribution in [2.75, 3.05) is 39.8 Å². The topological polar surface area (TPSA) is 31.4 Å². The van der Waals surface area contributed by atoms with Gasteiger partial charge in [0.25, 0.3) is 0 Å². The SMILES string of the molecule is CNC(=S)N1CCN(CCc2ccncc2)CC1. The maximum absolute atomic E-state index is 5.24. The Morgan fingerprint density at radius 1 is 1.28 bits per heavy atom. The van der Waals surface area contributed by atoms with E-state index in [9.17, 15) is 0 Å². The molecule has 0 bridgehead atoms. The first-order chi connectivity index (χ1) is 8.79. The average Bonchev–Trinajstić information content (AvgIpc) is 2.46. The molecule has 18 heavy (non-hydrogen) atoms. The molecule has 1 fully saturated rings. The molecule has 1 saturated heterocycles. The second kappa shape index (κ2) is 6.66. The first-order valence-electron chi connectivity index (χ1n) is 6.37. The standard InChI is InChI=1S/C13H20N4S/c1-14-13(18)17-10-8-16(9-11-17)7-4-12-2-5-15-6-3-12/h2-3,5-6H,4,7-11H2,1H3,(H,14,18). The predicted molar refractivity (Wildman–Crippen MR) is 77.6 cm³/mol. The van der Waals surface area contributed by atoms with Crippen molar-refractivity contribution < 1.29 is 0 Å². The molecule has 4 nitrogen and oxygen atoms in total. The Morgan fingerprint density at radius 2 is 1.94 bits per heavy atom. The first kappa shape index (κ1) is 13.2. The number of nitrogens with zero attached hydrogens (tertiary/aromatic N) is 3. The molecule has 0 atom stereocenters. The zero-order chi connectivity index (χ0) is 12.8. The highest BCUT2D eigenvalue weighted by Gasteiger charge is 2.17. The van der Waals surface area contributed by atoms with Crippen molar-refractivity contribution in [3.8, 4) is 0 Å². The van der Waals surface area contributed by atoms with E-state index in [0.717, 1.165) is 44.3 Å². The van der Waals surface area contributed by atoms with Crippen LogP contribution in [0.25, 0.3) is 0 Å². The van der Waals surface area contributed by atoms with Gasteiger partial charge in [-0.05, 0) is 36.3 Å². The second-order valence-corrected chi connectivity index (χ2v) is 4.88. The minimum atomic E-state index is 0.865. The van der Waals surface area contributed by atoms with Crippen LogP contribution in [0.1, 0.15) is 5.56 Å². The molecule has 0 aliphatic carbocycles. The maximum Gasteiger partial charge on any atom is 0.168 e. The lowest BCUT2D eigenvalue weighted by molar-refractivity contribution is 0.183. The fraction of sp³-hybridized carbons (Fsp3) is 0.538. The van der Waals surface area contributed by atoms with Gasteiger partial charge < -0.3 is 10.2 Å². The van der Waals surface area contributed by atoms with Gasteiger partial charge in [-0.25, -0.2) is 0 Å². The average molecular weight is 264 g/mol. The third kappa shape index (κ3) is 3.65. The van der Waals surface area contributed by atoms with Crippen molar-refractivity contribution in [2.45, 2.75) is 6.42 Å². The highest BCUT2D eigenvalue weighted by atomic mass is 32.1. The molecule has 0 unspecified atom stereocenters. The van der Waals surface area contributed by atoms with Gasteiger partial charge in [-0.3, -0.25) is 9.88 Å². The van der Waals surface area contributed by atoms with Crippen LogP contribution in [0.2, 0.25) is 0 Å². The number of thiocarbonyl (C=S) groups is 1. The van der Waals surface area contributed by atoms with Crippen LogP contribution in [-0.2, 0) is 6.42 Å². The molecule has 1 aliphatic rings. The third-order valence-corrected chi connectivity index (χ3v) is 3.80. The lowest BCUT2D eigenvalue weighted by atomic mass is 10.2. The lowest BCUT2D eigenvalue weighted by Gasteiger charge is -2.35. The van der Waals surface area contributed by atoms with Crippen molar-refractivity contribution in [3.63, 3.8) is 0 Å². The van der Waals surface area contributed by atoms with E-state index in [0.29, 0.717) is 0 Å². The van der Waals surface area contributed by atoms with Crippen molar-refractivity contribution >= 4 is 17.3 Å². The van der Waals surface area contributed by atoms with Crippen molar-refractivity contribution in [1.82, 2.24) is 20.1 Å². The molecule has 5 heteroatoms. The van der Waals surface area contributed by atoms with Crippen LogP contribution >= 0.6 is 12.2 Å². The molecule has 0 saturated carbocycles. The molecular weight excluding hydrogens is 244 g/mol. The molecule has 0 aromatic carbocycles. The van der Waals surface area contributed by atoms with Crippen molar-refractivity contribution in [1.29, 1.82) is 0 Å². The maximum atomic E-state index is 5.24. The summed E-state index contributed by atoms with van der Waals surface area (Å²) in [4.78, 5) is 8.77. The molecule has 2 heterocycles. The lowest BCUT2D eigenvalue weighted by Crippen LogP contribution is -2.51. The summed E-state index contributed by atoms with van der Waals surface area (Å²) in [5, 5.41) is 3.90. The van der Waals surface area contributed by atoms with Gasteiger partial charge >= 0.3 is 0 Å². The highest BCUT2D eigenvalue weighted by molar-refractivity contribution is 7.80. The van der Waals surface area contributed by atoms with Gasteiger partial charge in [-0.15, -0.1) is 0 Å². The molecule has 1 aliphatic heterocycles. The van der Waals surface area contributed by atoms with E-state index in [1.807, 2.05) is 19.4 Å². The van der Waals surface area contributed by atoms with Gasteiger partial charge in [0, 0.05) is 52.2 Å². The molecular formula is C13H20N4S. The minimum Gasteiger partial charge on any atom is -0.366 e. The normalized spacial score (nSPS) is 16.6. The van der Waals surface area contributed by atoms with Crippen LogP contribution in [0.15, 0.2) is 24.5 Å². The summed E-state index contributed by atoms with van der Waals surface area (Å²) < 4.78 is 0. The molecule has 0 spiro atoms. The van der Waals surface area contributed by atoms with Crippen LogP contribution in [0.3, 0.4) is 0 Å². The Kier molecular flexibility index (Phi) is 4.90. The Balaban J connectivity index is 1.72. The van der Waals surface area contributed by atoms with Crippen LogP contribution < -0.4 is 5.32 Å². The quantitative estimate of drug-likeness (QED) is 0.814. The molecule has 1 aromatic heterocycles. The van der Waals surface area contributed by atoms with Gasteiger partial charge in [-0.1, -0.05) is 0 Å². The Morgan fingerprint density at radius 3 is 2.56 bits per heavy atom. The first-order valence-corrected chi connectivity index (χ1v) is 6.78. The van der Waals surface area contributed by atoms with E-state index in [2.05, 4.69) is 32.2 Å². The van der Waals surface area contributed by atoms with Crippen LogP contribution in [0.5, 0.6) is 0 Å². The van der Waals surface area contributed by atoms with Gasteiger partial charge in [-0.2, -0.15) is 0 Å². The highest BCUT2D eigenvalue weighted by Crippen LogP contribution is 2.05. The van der Waals surface area contributed by atoms with Gasteiger partial charge in [0.15, 0.2) is 5.11 Å². The number of pyridine rings is 1. The Bertz CT molecular complexity index is 374. The number of nitrogens with one attached hydrogen (secondary N) is 1. The van der Waals surface area contributed by atoms with Crippen LogP contribution in [0.4, 0.5) is 0 Å². The van der Waals surface area contributed by atoms with Gasteiger partial charge in [0.05, 0.1) is 0 Å². The smallest absolute Gasteiger partial charge is 0.168 e. The monoisotopic (exact) mass is 264 g/mol. The Hall–Kier alpha value is -1.20. The van der Waals surface area contributed by atoms with Gasteiger partial charge in [0.1, 0.15) is 0 Å². The zero-order valence-corrected chi connectivity index (χ0v) is 11.6. The summed E-state index contributed by atoms with van der Waals surface area (Å²) in [6, 6.07) is 4.18. The molecule has 98 valence electrons. The molecule has 0 radical (unpaired) electrons. The number of piperazine rings is 1. The van der Waals surface area contributed by atoms with E-state index < -0.39 is 0 Å². The summed E-state index contributed by atoms with van der Waals surface area (Å²) in [6.07, 6.45) is 4.82. The Labute approximate surface area is 114 Å². The number of rotatable bonds is 3. The van der Waals surface area contributed by atoms with E-state index in [1.165, 1.54) is 5.56 Å². The predicted octanol–water partition coefficient (Wildman–Crippen LogP) is 0.746. The van der Waals surface area contributed by atoms with E-state index >= 15 is 0 Å². The van der Waals surface area contributed by atoms with E-state index in [-0.39, 0.29) is 0 Å². The second-order valence-electron chi connectivity index (χ2n) is 4.49. The largest absolute Gasteiger partial charge is 0.366 e. The third-order valence-electron chi connectivity index (χ3n) is 3.34. The van der Waals surface area contributed by atoms with Crippen molar-refractivity contribution in [2.24, 2.45) is 0 Å². The van der Waals surface area contributed by atoms with Crippen LogP contribution in [-0.4, -0.2) is 59.7 Å². The van der Waals surface area contributed by atoms with E-state index in [4.69, 9.17) is 12.2 Å². The number of aromatic nitrogens is 1. The van der Waals surface area contributed by atoms with Crippen molar-refractivity contribution in [3.05, 3.63) is 30.1 Å².